The maximum absolute atomic E-state index is 12.4. The van der Waals surface area contributed by atoms with E-state index < -0.39 is 5.91 Å². The summed E-state index contributed by atoms with van der Waals surface area (Å²) in [5, 5.41) is 0.907. The van der Waals surface area contributed by atoms with Crippen LogP contribution in [-0.2, 0) is 0 Å². The normalized spacial score (nSPS) is 10.8. The molecular weight excluding hydrogens is 423 g/mol. The molecule has 8 heteroatoms. The second-order valence-electron chi connectivity index (χ2n) is 6.39. The lowest BCUT2D eigenvalue weighted by molar-refractivity contribution is 0.0996. The van der Waals surface area contributed by atoms with Crippen LogP contribution in [0.1, 0.15) is 10.5 Å². The third-order valence-electron chi connectivity index (χ3n) is 4.47. The molecule has 0 unspecified atom stereocenters. The average molecular weight is 439 g/mol. The number of primary amides is 1. The lowest BCUT2D eigenvalue weighted by Gasteiger charge is -2.16. The number of nitrogens with two attached hydrogens (primary N) is 1. The number of amides is 1. The number of methoxy groups -OCH3 is 1. The van der Waals surface area contributed by atoms with Gasteiger partial charge < -0.3 is 10.5 Å². The minimum Gasteiger partial charge on any atom is -0.479 e. The molecule has 2 aromatic carbocycles. The number of imidazole rings is 1. The number of carbonyl (C=O) groups is 1. The fourth-order valence-corrected chi connectivity index (χ4v) is 3.59. The molecule has 4 rings (SSSR count). The zero-order valence-electron chi connectivity index (χ0n) is 15.8. The number of nitrogens with zero attached hydrogens (tertiary/aromatic N) is 3. The largest absolute Gasteiger partial charge is 0.479 e. The SMILES string of the molecule is COc1ncc(Cl)cc1-n1c(-c2ccccc2)nc(C(N)=O)c1-c1cccc(Cl)c1. The first-order valence-electron chi connectivity index (χ1n) is 8.93. The van der Waals surface area contributed by atoms with Gasteiger partial charge >= 0.3 is 0 Å². The smallest absolute Gasteiger partial charge is 0.269 e. The third kappa shape index (κ3) is 3.63. The maximum atomic E-state index is 12.4. The second kappa shape index (κ2) is 8.18. The van der Waals surface area contributed by atoms with Gasteiger partial charge in [0.25, 0.3) is 5.91 Å². The fourth-order valence-electron chi connectivity index (χ4n) is 3.24. The maximum Gasteiger partial charge on any atom is 0.269 e. The Morgan fingerprint density at radius 1 is 1.00 bits per heavy atom. The van der Waals surface area contributed by atoms with E-state index in [1.807, 2.05) is 36.4 Å². The monoisotopic (exact) mass is 438 g/mol. The van der Waals surface area contributed by atoms with E-state index in [1.165, 1.54) is 13.3 Å². The lowest BCUT2D eigenvalue weighted by Crippen LogP contribution is -2.13. The molecule has 0 atom stereocenters. The Morgan fingerprint density at radius 3 is 2.40 bits per heavy atom. The molecule has 0 saturated heterocycles. The molecule has 1 amide bonds. The zero-order chi connectivity index (χ0) is 21.3. The molecule has 2 aromatic heterocycles. The summed E-state index contributed by atoms with van der Waals surface area (Å²) in [7, 11) is 1.51. The van der Waals surface area contributed by atoms with Crippen LogP contribution < -0.4 is 10.5 Å². The molecule has 6 nitrogen and oxygen atoms in total. The first-order chi connectivity index (χ1) is 14.5. The molecule has 0 saturated carbocycles. The Balaban J connectivity index is 2.16. The fraction of sp³-hybridized carbons (Fsp3) is 0.0455. The molecule has 0 fully saturated rings. The summed E-state index contributed by atoms with van der Waals surface area (Å²) in [5.74, 6) is 0.130. The first kappa shape index (κ1) is 19.9. The van der Waals surface area contributed by atoms with Crippen LogP contribution in [0.15, 0.2) is 66.9 Å². The molecule has 0 radical (unpaired) electrons. The van der Waals surface area contributed by atoms with Crippen molar-refractivity contribution in [1.82, 2.24) is 14.5 Å². The Morgan fingerprint density at radius 2 is 1.73 bits per heavy atom. The van der Waals surface area contributed by atoms with Crippen LogP contribution in [0.3, 0.4) is 0 Å². The second-order valence-corrected chi connectivity index (χ2v) is 7.26. The van der Waals surface area contributed by atoms with Crippen molar-refractivity contribution in [1.29, 1.82) is 0 Å². The Bertz CT molecular complexity index is 1240. The van der Waals surface area contributed by atoms with E-state index in [0.717, 1.165) is 5.56 Å². The number of ether oxygens (including phenoxy) is 1. The van der Waals surface area contributed by atoms with Gasteiger partial charge in [-0.15, -0.1) is 0 Å². The zero-order valence-corrected chi connectivity index (χ0v) is 17.4. The van der Waals surface area contributed by atoms with Crippen molar-refractivity contribution in [2.75, 3.05) is 7.11 Å². The van der Waals surface area contributed by atoms with Gasteiger partial charge in [0.05, 0.1) is 17.8 Å². The molecule has 0 aliphatic heterocycles. The molecular formula is C22H16Cl2N4O2. The van der Waals surface area contributed by atoms with Gasteiger partial charge in [-0.25, -0.2) is 9.97 Å². The quantitative estimate of drug-likeness (QED) is 0.474. The summed E-state index contributed by atoms with van der Waals surface area (Å²) in [6.45, 7) is 0. The summed E-state index contributed by atoms with van der Waals surface area (Å²) >= 11 is 12.5. The van der Waals surface area contributed by atoms with Gasteiger partial charge in [-0.1, -0.05) is 65.7 Å². The Hall–Kier alpha value is -3.35. The van der Waals surface area contributed by atoms with Gasteiger partial charge in [0.15, 0.2) is 5.69 Å². The Labute approximate surface area is 182 Å². The van der Waals surface area contributed by atoms with E-state index in [2.05, 4.69) is 9.97 Å². The summed E-state index contributed by atoms with van der Waals surface area (Å²) in [6, 6.07) is 18.2. The summed E-state index contributed by atoms with van der Waals surface area (Å²) in [6.07, 6.45) is 1.48. The number of hydrogen-bond donors (Lipinski definition) is 1. The molecule has 0 bridgehead atoms. The van der Waals surface area contributed by atoms with E-state index >= 15 is 0 Å². The summed E-state index contributed by atoms with van der Waals surface area (Å²) in [4.78, 5) is 21.2. The number of benzene rings is 2. The number of halogens is 2. The molecule has 150 valence electrons. The van der Waals surface area contributed by atoms with E-state index in [-0.39, 0.29) is 5.69 Å². The van der Waals surface area contributed by atoms with Gasteiger partial charge in [-0.2, -0.15) is 0 Å². The number of aromatic nitrogens is 3. The van der Waals surface area contributed by atoms with Crippen LogP contribution in [0.2, 0.25) is 10.0 Å². The van der Waals surface area contributed by atoms with Crippen LogP contribution in [0, 0.1) is 0 Å². The van der Waals surface area contributed by atoms with E-state index in [4.69, 9.17) is 33.7 Å². The van der Waals surface area contributed by atoms with E-state index in [0.29, 0.717) is 38.7 Å². The third-order valence-corrected chi connectivity index (χ3v) is 4.92. The van der Waals surface area contributed by atoms with Gasteiger partial charge in [0.1, 0.15) is 11.5 Å². The predicted molar refractivity (Wildman–Crippen MR) is 117 cm³/mol. The number of hydrogen-bond acceptors (Lipinski definition) is 4. The molecule has 0 aliphatic rings. The minimum absolute atomic E-state index is 0.0955. The topological polar surface area (TPSA) is 83.0 Å². The standard InChI is InChI=1S/C22H16Cl2N4O2/c1-30-22-17(11-16(24)12-26-22)28-19(14-8-5-9-15(23)10-14)18(20(25)29)27-21(28)13-6-3-2-4-7-13/h2-12H,1H3,(H2,25,29). The van der Waals surface area contributed by atoms with Crippen LogP contribution in [0.5, 0.6) is 5.88 Å². The summed E-state index contributed by atoms with van der Waals surface area (Å²) in [5.41, 5.74) is 8.21. The lowest BCUT2D eigenvalue weighted by atomic mass is 10.1. The number of rotatable bonds is 5. The first-order valence-corrected chi connectivity index (χ1v) is 9.69. The molecule has 2 N–H and O–H groups in total. The van der Waals surface area contributed by atoms with E-state index in [9.17, 15) is 4.79 Å². The van der Waals surface area contributed by atoms with Crippen molar-refractivity contribution < 1.29 is 9.53 Å². The van der Waals surface area contributed by atoms with Gasteiger partial charge in [-0.05, 0) is 18.2 Å². The Kier molecular flexibility index (Phi) is 5.44. The van der Waals surface area contributed by atoms with Crippen molar-refractivity contribution in [3.05, 3.63) is 82.6 Å². The van der Waals surface area contributed by atoms with Crippen LogP contribution in [0.25, 0.3) is 28.3 Å². The van der Waals surface area contributed by atoms with Gasteiger partial charge in [0.2, 0.25) is 5.88 Å². The highest BCUT2D eigenvalue weighted by Crippen LogP contribution is 2.37. The highest BCUT2D eigenvalue weighted by molar-refractivity contribution is 6.31. The molecule has 2 heterocycles. The predicted octanol–water partition coefficient (Wildman–Crippen LogP) is 5.02. The van der Waals surface area contributed by atoms with Crippen LogP contribution >= 0.6 is 23.2 Å². The van der Waals surface area contributed by atoms with Crippen molar-refractivity contribution in [2.45, 2.75) is 0 Å². The van der Waals surface area contributed by atoms with Gasteiger partial charge in [-0.3, -0.25) is 9.36 Å². The van der Waals surface area contributed by atoms with Crippen molar-refractivity contribution >= 4 is 29.1 Å². The molecule has 30 heavy (non-hydrogen) atoms. The van der Waals surface area contributed by atoms with Crippen molar-refractivity contribution in [2.24, 2.45) is 5.73 Å². The van der Waals surface area contributed by atoms with Crippen molar-refractivity contribution in [3.63, 3.8) is 0 Å². The molecule has 0 spiro atoms. The minimum atomic E-state index is -0.671. The van der Waals surface area contributed by atoms with Crippen LogP contribution in [0.4, 0.5) is 0 Å². The van der Waals surface area contributed by atoms with Gasteiger partial charge in [0, 0.05) is 22.3 Å². The van der Waals surface area contributed by atoms with Crippen molar-refractivity contribution in [3.8, 4) is 34.2 Å². The summed E-state index contributed by atoms with van der Waals surface area (Å²) < 4.78 is 7.23. The number of pyridine rings is 1. The highest BCUT2D eigenvalue weighted by Gasteiger charge is 2.26. The average Bonchev–Trinajstić information content (AvgIpc) is 3.15. The van der Waals surface area contributed by atoms with E-state index in [1.54, 1.807) is 28.8 Å². The van der Waals surface area contributed by atoms with Crippen LogP contribution in [-0.4, -0.2) is 27.6 Å². The highest BCUT2D eigenvalue weighted by atomic mass is 35.5. The molecule has 0 aliphatic carbocycles. The molecule has 4 aromatic rings. The number of carbonyl (C=O) groups excluding carboxylic acids is 1.